The van der Waals surface area contributed by atoms with Crippen LogP contribution in [0.3, 0.4) is 0 Å². The van der Waals surface area contributed by atoms with Gasteiger partial charge in [-0.1, -0.05) is 113 Å². The van der Waals surface area contributed by atoms with Crippen molar-refractivity contribution in [1.82, 2.24) is 0 Å². The predicted molar refractivity (Wildman–Crippen MR) is 118 cm³/mol. The zero-order valence-electron chi connectivity index (χ0n) is 15.9. The van der Waals surface area contributed by atoms with Crippen LogP contribution in [0.4, 0.5) is 0 Å². The third-order valence-electron chi connectivity index (χ3n) is 5.03. The van der Waals surface area contributed by atoms with Crippen LogP contribution in [0, 0.1) is 0 Å². The van der Waals surface area contributed by atoms with E-state index in [1.54, 1.807) is 0 Å². The molecule has 0 heterocycles. The lowest BCUT2D eigenvalue weighted by Gasteiger charge is -2.33. The number of ether oxygens (including phenoxy) is 1. The van der Waals surface area contributed by atoms with E-state index in [0.29, 0.717) is 6.42 Å². The molecule has 0 spiro atoms. The minimum absolute atomic E-state index is 0.191. The minimum atomic E-state index is -0.806. The Hall–Kier alpha value is -2.39. The molecular weight excluding hydrogens is 412 g/mol. The molecule has 0 radical (unpaired) electrons. The Morgan fingerprint density at radius 1 is 0.750 bits per heavy atom. The summed E-state index contributed by atoms with van der Waals surface area (Å²) in [7, 11) is 0. The smallest absolute Gasteiger partial charge is 0.321 e. The predicted octanol–water partition coefficient (Wildman–Crippen LogP) is 6.28. The van der Waals surface area contributed by atoms with Crippen LogP contribution >= 0.6 is 15.9 Å². The largest absolute Gasteiger partial charge is 0.460 e. The van der Waals surface area contributed by atoms with E-state index in [9.17, 15) is 4.79 Å². The molecule has 0 N–H and O–H groups in total. The molecule has 3 heteroatoms. The average Bonchev–Trinajstić information content (AvgIpc) is 2.77. The van der Waals surface area contributed by atoms with Crippen molar-refractivity contribution >= 4 is 21.9 Å². The molecule has 0 atom stereocenters. The van der Waals surface area contributed by atoms with Crippen LogP contribution < -0.4 is 0 Å². The summed E-state index contributed by atoms with van der Waals surface area (Å²) in [6.45, 7) is 0.277. The summed E-state index contributed by atoms with van der Waals surface area (Å²) < 4.78 is 5.88. The molecule has 0 aliphatic carbocycles. The summed E-state index contributed by atoms with van der Waals surface area (Å²) in [5.41, 5.74) is 2.15. The topological polar surface area (TPSA) is 26.3 Å². The van der Waals surface area contributed by atoms with Gasteiger partial charge in [0.2, 0.25) is 0 Å². The number of unbranched alkanes of at least 4 members (excludes halogenated alkanes) is 1. The van der Waals surface area contributed by atoms with Crippen molar-refractivity contribution in [3.8, 4) is 0 Å². The lowest BCUT2D eigenvalue weighted by molar-refractivity contribution is -0.150. The fourth-order valence-electron chi connectivity index (χ4n) is 3.57. The van der Waals surface area contributed by atoms with Crippen LogP contribution in [-0.4, -0.2) is 11.3 Å². The van der Waals surface area contributed by atoms with Gasteiger partial charge in [0.15, 0.2) is 0 Å². The summed E-state index contributed by atoms with van der Waals surface area (Å²) in [5, 5.41) is 0.922. The van der Waals surface area contributed by atoms with Crippen molar-refractivity contribution in [3.63, 3.8) is 0 Å². The van der Waals surface area contributed by atoms with E-state index in [2.05, 4.69) is 15.9 Å². The van der Waals surface area contributed by atoms with Crippen molar-refractivity contribution < 1.29 is 9.53 Å². The Balaban J connectivity index is 1.99. The van der Waals surface area contributed by atoms with Crippen molar-refractivity contribution in [2.45, 2.75) is 31.3 Å². The maximum Gasteiger partial charge on any atom is 0.321 e. The number of hydrogen-bond donors (Lipinski definition) is 0. The van der Waals surface area contributed by atoms with Crippen molar-refractivity contribution in [2.24, 2.45) is 0 Å². The molecule has 0 unspecified atom stereocenters. The Morgan fingerprint density at radius 2 is 1.25 bits per heavy atom. The first-order valence-electron chi connectivity index (χ1n) is 9.65. The van der Waals surface area contributed by atoms with E-state index in [4.69, 9.17) is 4.74 Å². The van der Waals surface area contributed by atoms with E-state index in [1.165, 1.54) is 0 Å². The normalized spacial score (nSPS) is 11.2. The summed E-state index contributed by atoms with van der Waals surface area (Å²) >= 11 is 3.51. The van der Waals surface area contributed by atoms with Crippen LogP contribution in [0.15, 0.2) is 91.0 Å². The Kier molecular flexibility index (Phi) is 7.44. The number of carbonyl (C=O) groups is 1. The van der Waals surface area contributed by atoms with E-state index in [-0.39, 0.29) is 12.6 Å². The van der Waals surface area contributed by atoms with E-state index in [1.807, 2.05) is 91.0 Å². The number of rotatable bonds is 9. The van der Waals surface area contributed by atoms with Gasteiger partial charge in [-0.2, -0.15) is 0 Å². The molecule has 0 saturated carbocycles. The molecule has 28 heavy (non-hydrogen) atoms. The molecule has 0 aromatic heterocycles. The molecule has 0 aliphatic heterocycles. The highest BCUT2D eigenvalue weighted by atomic mass is 79.9. The Morgan fingerprint density at radius 3 is 1.75 bits per heavy atom. The lowest BCUT2D eigenvalue weighted by Crippen LogP contribution is -2.39. The van der Waals surface area contributed by atoms with Gasteiger partial charge in [-0.25, -0.2) is 0 Å². The molecule has 144 valence electrons. The molecule has 0 amide bonds. The van der Waals surface area contributed by atoms with Gasteiger partial charge in [-0.3, -0.25) is 4.79 Å². The van der Waals surface area contributed by atoms with Crippen LogP contribution in [0.5, 0.6) is 0 Å². The number of halogens is 1. The lowest BCUT2D eigenvalue weighted by atomic mass is 9.71. The Bertz CT molecular complexity index is 808. The van der Waals surface area contributed by atoms with Crippen LogP contribution in [-0.2, 0) is 21.6 Å². The van der Waals surface area contributed by atoms with Crippen molar-refractivity contribution in [2.75, 3.05) is 5.33 Å². The van der Waals surface area contributed by atoms with E-state index in [0.717, 1.165) is 34.9 Å². The van der Waals surface area contributed by atoms with Gasteiger partial charge in [0, 0.05) is 5.33 Å². The molecule has 3 aromatic rings. The van der Waals surface area contributed by atoms with Gasteiger partial charge in [0.25, 0.3) is 0 Å². The number of benzene rings is 3. The summed E-state index contributed by atoms with van der Waals surface area (Å²) in [6, 6.07) is 29.9. The molecule has 2 nitrogen and oxygen atoms in total. The first-order valence-corrected chi connectivity index (χ1v) is 10.8. The third-order valence-corrected chi connectivity index (χ3v) is 5.59. The maximum atomic E-state index is 13.6. The van der Waals surface area contributed by atoms with Crippen LogP contribution in [0.1, 0.15) is 36.0 Å². The van der Waals surface area contributed by atoms with Gasteiger partial charge >= 0.3 is 5.97 Å². The number of hydrogen-bond acceptors (Lipinski definition) is 2. The van der Waals surface area contributed by atoms with Crippen LogP contribution in [0.2, 0.25) is 0 Å². The standard InChI is InChI=1S/C25H25BrO2/c26-19-11-10-18-25(22-14-6-2-7-15-22,23-16-8-3-9-17-23)24(27)28-20-21-12-4-1-5-13-21/h1-9,12-17H,10-11,18-20H2. The van der Waals surface area contributed by atoms with Crippen molar-refractivity contribution in [1.29, 1.82) is 0 Å². The molecule has 3 aromatic carbocycles. The highest BCUT2D eigenvalue weighted by Gasteiger charge is 2.42. The van der Waals surface area contributed by atoms with Gasteiger partial charge in [0.05, 0.1) is 0 Å². The Labute approximate surface area is 175 Å². The van der Waals surface area contributed by atoms with Gasteiger partial charge in [0.1, 0.15) is 12.0 Å². The SMILES string of the molecule is O=C(OCc1ccccc1)C(CCCCBr)(c1ccccc1)c1ccccc1. The zero-order valence-corrected chi connectivity index (χ0v) is 17.5. The van der Waals surface area contributed by atoms with Crippen LogP contribution in [0.25, 0.3) is 0 Å². The second kappa shape index (κ2) is 10.2. The molecule has 3 rings (SSSR count). The number of alkyl halides is 1. The number of esters is 1. The molecule has 0 aliphatic rings. The second-order valence-corrected chi connectivity index (χ2v) is 7.64. The number of carbonyl (C=O) groups excluding carboxylic acids is 1. The first-order chi connectivity index (χ1) is 13.8. The highest BCUT2D eigenvalue weighted by Crippen LogP contribution is 2.39. The van der Waals surface area contributed by atoms with Gasteiger partial charge in [-0.05, 0) is 29.5 Å². The fourth-order valence-corrected chi connectivity index (χ4v) is 3.97. The fraction of sp³-hybridized carbons (Fsp3) is 0.240. The monoisotopic (exact) mass is 436 g/mol. The third kappa shape index (κ3) is 4.71. The van der Waals surface area contributed by atoms with E-state index < -0.39 is 5.41 Å². The van der Waals surface area contributed by atoms with Gasteiger partial charge in [-0.15, -0.1) is 0 Å². The van der Waals surface area contributed by atoms with E-state index >= 15 is 0 Å². The molecule has 0 bridgehead atoms. The molecular formula is C25H25BrO2. The van der Waals surface area contributed by atoms with Crippen molar-refractivity contribution in [3.05, 3.63) is 108 Å². The summed E-state index contributed by atoms with van der Waals surface area (Å²) in [6.07, 6.45) is 2.64. The quantitative estimate of drug-likeness (QED) is 0.224. The minimum Gasteiger partial charge on any atom is -0.460 e. The molecule has 0 saturated heterocycles. The maximum absolute atomic E-state index is 13.6. The first kappa shape index (κ1) is 20.3. The molecule has 0 fully saturated rings. The summed E-state index contributed by atoms with van der Waals surface area (Å²) in [5.74, 6) is -0.191. The highest BCUT2D eigenvalue weighted by molar-refractivity contribution is 9.09. The van der Waals surface area contributed by atoms with Gasteiger partial charge < -0.3 is 4.74 Å². The summed E-state index contributed by atoms with van der Waals surface area (Å²) in [4.78, 5) is 13.6. The zero-order chi connectivity index (χ0) is 19.7. The average molecular weight is 437 g/mol. The second-order valence-electron chi connectivity index (χ2n) is 6.85.